The van der Waals surface area contributed by atoms with Crippen LogP contribution in [0.3, 0.4) is 0 Å². The fourth-order valence-electron chi connectivity index (χ4n) is 3.37. The fourth-order valence-corrected chi connectivity index (χ4v) is 3.37. The molecular weight excluding hydrogens is 196 g/mol. The van der Waals surface area contributed by atoms with E-state index in [4.69, 9.17) is 5.84 Å². The largest absolute Gasteiger partial charge is 0.271 e. The van der Waals surface area contributed by atoms with E-state index in [1.165, 1.54) is 64.2 Å². The van der Waals surface area contributed by atoms with Crippen LogP contribution in [0, 0.1) is 5.41 Å². The van der Waals surface area contributed by atoms with E-state index in [0.717, 1.165) is 0 Å². The summed E-state index contributed by atoms with van der Waals surface area (Å²) in [6.07, 6.45) is 13.5. The molecule has 96 valence electrons. The third-order valence-corrected chi connectivity index (χ3v) is 4.59. The van der Waals surface area contributed by atoms with Gasteiger partial charge in [0.25, 0.3) is 0 Å². The van der Waals surface area contributed by atoms with E-state index in [1.54, 1.807) is 0 Å². The smallest absolute Gasteiger partial charge is 0.0266 e. The first kappa shape index (κ1) is 14.0. The van der Waals surface area contributed by atoms with Gasteiger partial charge >= 0.3 is 0 Å². The van der Waals surface area contributed by atoms with Crippen LogP contribution in [-0.2, 0) is 0 Å². The van der Waals surface area contributed by atoms with Crippen molar-refractivity contribution in [1.29, 1.82) is 0 Å². The maximum atomic E-state index is 5.78. The van der Waals surface area contributed by atoms with Crippen molar-refractivity contribution in [2.24, 2.45) is 11.3 Å². The lowest BCUT2D eigenvalue weighted by atomic mass is 9.74. The maximum absolute atomic E-state index is 5.78. The first-order chi connectivity index (χ1) is 7.79. The molecule has 0 saturated heterocycles. The molecule has 0 aromatic heterocycles. The number of hydrogen-bond donors (Lipinski definition) is 2. The second-order valence-corrected chi connectivity index (χ2v) is 5.49. The number of hydrogen-bond acceptors (Lipinski definition) is 2. The summed E-state index contributed by atoms with van der Waals surface area (Å²) in [5, 5.41) is 0. The second-order valence-electron chi connectivity index (χ2n) is 5.49. The zero-order valence-electron chi connectivity index (χ0n) is 11.2. The van der Waals surface area contributed by atoms with Gasteiger partial charge in [-0.3, -0.25) is 11.3 Å². The molecule has 1 unspecified atom stereocenters. The average molecular weight is 226 g/mol. The van der Waals surface area contributed by atoms with Crippen LogP contribution in [0.25, 0.3) is 0 Å². The first-order valence-corrected chi connectivity index (χ1v) is 7.25. The molecule has 2 nitrogen and oxygen atoms in total. The molecule has 0 aliphatic heterocycles. The molecule has 0 aromatic carbocycles. The maximum Gasteiger partial charge on any atom is 0.0266 e. The summed E-state index contributed by atoms with van der Waals surface area (Å²) in [6.45, 7) is 4.60. The van der Waals surface area contributed by atoms with E-state index >= 15 is 0 Å². The molecule has 1 aliphatic rings. The molecule has 1 saturated carbocycles. The summed E-state index contributed by atoms with van der Waals surface area (Å²) in [5.41, 5.74) is 3.63. The molecule has 3 N–H and O–H groups in total. The van der Waals surface area contributed by atoms with Gasteiger partial charge in [-0.2, -0.15) is 0 Å². The molecule has 0 radical (unpaired) electrons. The highest BCUT2D eigenvalue weighted by Gasteiger charge is 2.38. The Morgan fingerprint density at radius 1 is 1.12 bits per heavy atom. The fraction of sp³-hybridized carbons (Fsp3) is 1.00. The van der Waals surface area contributed by atoms with Crippen molar-refractivity contribution in [2.75, 3.05) is 0 Å². The van der Waals surface area contributed by atoms with Crippen LogP contribution >= 0.6 is 0 Å². The average Bonchev–Trinajstić information content (AvgIpc) is 2.79. The van der Waals surface area contributed by atoms with Crippen LogP contribution in [0.5, 0.6) is 0 Å². The van der Waals surface area contributed by atoms with Gasteiger partial charge < -0.3 is 0 Å². The molecule has 1 rings (SSSR count). The lowest BCUT2D eigenvalue weighted by Gasteiger charge is -2.36. The van der Waals surface area contributed by atoms with Crippen LogP contribution in [0.1, 0.15) is 78.1 Å². The molecule has 0 bridgehead atoms. The Morgan fingerprint density at radius 2 is 1.81 bits per heavy atom. The Labute approximate surface area is 101 Å². The molecule has 0 aromatic rings. The minimum absolute atomic E-state index is 0.515. The van der Waals surface area contributed by atoms with Crippen LogP contribution in [0.4, 0.5) is 0 Å². The van der Waals surface area contributed by atoms with E-state index < -0.39 is 0 Å². The van der Waals surface area contributed by atoms with Gasteiger partial charge in [-0.05, 0) is 31.1 Å². The van der Waals surface area contributed by atoms with E-state index in [2.05, 4.69) is 19.3 Å². The number of rotatable bonds is 8. The van der Waals surface area contributed by atoms with Crippen molar-refractivity contribution in [3.8, 4) is 0 Å². The van der Waals surface area contributed by atoms with Crippen molar-refractivity contribution < 1.29 is 0 Å². The van der Waals surface area contributed by atoms with E-state index in [-0.39, 0.29) is 0 Å². The Balaban J connectivity index is 2.38. The predicted molar refractivity (Wildman–Crippen MR) is 71.1 cm³/mol. The van der Waals surface area contributed by atoms with Crippen LogP contribution < -0.4 is 11.3 Å². The summed E-state index contributed by atoms with van der Waals surface area (Å²) >= 11 is 0. The van der Waals surface area contributed by atoms with Gasteiger partial charge in [-0.15, -0.1) is 0 Å². The van der Waals surface area contributed by atoms with Gasteiger partial charge in [0.2, 0.25) is 0 Å². The molecule has 0 spiro atoms. The normalized spacial score (nSPS) is 21.2. The molecule has 0 amide bonds. The van der Waals surface area contributed by atoms with Crippen molar-refractivity contribution in [3.63, 3.8) is 0 Å². The van der Waals surface area contributed by atoms with Crippen LogP contribution in [-0.4, -0.2) is 6.04 Å². The number of nitrogens with one attached hydrogen (secondary N) is 1. The molecular formula is C14H30N2. The number of hydrazine groups is 1. The molecule has 1 fully saturated rings. The van der Waals surface area contributed by atoms with E-state index in [1.807, 2.05) is 0 Å². The highest BCUT2D eigenvalue weighted by molar-refractivity contribution is 4.92. The Kier molecular flexibility index (Phi) is 6.37. The lowest BCUT2D eigenvalue weighted by molar-refractivity contribution is 0.174. The van der Waals surface area contributed by atoms with Gasteiger partial charge in [0.05, 0.1) is 0 Å². The molecule has 1 atom stereocenters. The molecule has 1 aliphatic carbocycles. The van der Waals surface area contributed by atoms with Gasteiger partial charge in [0, 0.05) is 6.04 Å². The third kappa shape index (κ3) is 3.46. The van der Waals surface area contributed by atoms with Crippen molar-refractivity contribution in [2.45, 2.75) is 84.1 Å². The molecule has 16 heavy (non-hydrogen) atoms. The zero-order valence-corrected chi connectivity index (χ0v) is 11.2. The Morgan fingerprint density at radius 3 is 2.31 bits per heavy atom. The zero-order chi connectivity index (χ0) is 11.9. The van der Waals surface area contributed by atoms with Crippen LogP contribution in [0.15, 0.2) is 0 Å². The Hall–Kier alpha value is -0.0800. The highest BCUT2D eigenvalue weighted by atomic mass is 15.2. The first-order valence-electron chi connectivity index (χ1n) is 7.25. The van der Waals surface area contributed by atoms with Gasteiger partial charge in [0.1, 0.15) is 0 Å². The van der Waals surface area contributed by atoms with E-state index in [9.17, 15) is 0 Å². The summed E-state index contributed by atoms with van der Waals surface area (Å²) in [6, 6.07) is 0.553. The topological polar surface area (TPSA) is 38.0 Å². The quantitative estimate of drug-likeness (QED) is 0.376. The molecule has 0 heterocycles. The summed E-state index contributed by atoms with van der Waals surface area (Å²) in [4.78, 5) is 0. The number of nitrogens with two attached hydrogens (primary N) is 1. The third-order valence-electron chi connectivity index (χ3n) is 4.59. The Bertz CT molecular complexity index is 174. The summed E-state index contributed by atoms with van der Waals surface area (Å²) in [7, 11) is 0. The summed E-state index contributed by atoms with van der Waals surface area (Å²) in [5.74, 6) is 5.78. The van der Waals surface area contributed by atoms with Crippen molar-refractivity contribution in [3.05, 3.63) is 0 Å². The number of unbranched alkanes of at least 4 members (excludes halogenated alkanes) is 3. The highest BCUT2D eigenvalue weighted by Crippen LogP contribution is 2.44. The van der Waals surface area contributed by atoms with Gasteiger partial charge in [0.15, 0.2) is 0 Å². The minimum atomic E-state index is 0.515. The molecule has 2 heteroatoms. The summed E-state index contributed by atoms with van der Waals surface area (Å²) < 4.78 is 0. The predicted octanol–water partition coefficient (Wildman–Crippen LogP) is 3.76. The SMILES string of the molecule is CCCCCCC(NN)C1(CC)CCCC1. The van der Waals surface area contributed by atoms with Gasteiger partial charge in [-0.25, -0.2) is 0 Å². The minimum Gasteiger partial charge on any atom is -0.271 e. The van der Waals surface area contributed by atoms with Crippen molar-refractivity contribution in [1.82, 2.24) is 5.43 Å². The van der Waals surface area contributed by atoms with Crippen molar-refractivity contribution >= 4 is 0 Å². The second kappa shape index (κ2) is 7.29. The van der Waals surface area contributed by atoms with E-state index in [0.29, 0.717) is 11.5 Å². The van der Waals surface area contributed by atoms with Crippen LogP contribution in [0.2, 0.25) is 0 Å². The lowest BCUT2D eigenvalue weighted by Crippen LogP contribution is -2.47. The standard InChI is InChI=1S/C14H30N2/c1-3-5-6-7-10-13(16-15)14(4-2)11-8-9-12-14/h13,16H,3-12,15H2,1-2H3. The van der Waals surface area contributed by atoms with Gasteiger partial charge in [-0.1, -0.05) is 52.4 Å². The monoisotopic (exact) mass is 226 g/mol.